The predicted molar refractivity (Wildman–Crippen MR) is 130 cm³/mol. The summed E-state index contributed by atoms with van der Waals surface area (Å²) in [7, 11) is 0. The number of aryl methyl sites for hydroxylation is 2. The van der Waals surface area contributed by atoms with Crippen molar-refractivity contribution in [1.82, 2.24) is 0 Å². The van der Waals surface area contributed by atoms with E-state index < -0.39 is 5.41 Å². The van der Waals surface area contributed by atoms with Crippen LogP contribution in [-0.4, -0.2) is 5.11 Å². The molecule has 0 saturated heterocycles. The molecule has 1 aliphatic carbocycles. The third kappa shape index (κ3) is 2.87. The average molecular weight is 520 g/mol. The normalized spacial score (nSPS) is 13.7. The number of hydrogen-bond acceptors (Lipinski definition) is 1. The Morgan fingerprint density at radius 1 is 0.600 bits per heavy atom. The molecule has 30 heavy (non-hydrogen) atoms. The third-order valence-corrected chi connectivity index (χ3v) is 7.00. The second kappa shape index (κ2) is 7.11. The highest BCUT2D eigenvalue weighted by Crippen LogP contribution is 2.57. The second-order valence-corrected chi connectivity index (χ2v) is 9.88. The van der Waals surface area contributed by atoms with Crippen LogP contribution in [0.3, 0.4) is 0 Å². The second-order valence-electron chi connectivity index (χ2n) is 8.05. The molecule has 0 aliphatic heterocycles. The highest BCUT2D eigenvalue weighted by Gasteiger charge is 2.46. The van der Waals surface area contributed by atoms with Gasteiger partial charge in [-0.15, -0.1) is 0 Å². The van der Waals surface area contributed by atoms with Crippen molar-refractivity contribution in [2.45, 2.75) is 19.3 Å². The monoisotopic (exact) mass is 518 g/mol. The molecule has 3 heteroatoms. The minimum Gasteiger partial charge on any atom is -0.508 e. The molecule has 148 valence electrons. The fourth-order valence-corrected chi connectivity index (χ4v) is 5.68. The Morgan fingerprint density at radius 3 is 1.60 bits per heavy atom. The van der Waals surface area contributed by atoms with Gasteiger partial charge in [-0.25, -0.2) is 0 Å². The van der Waals surface area contributed by atoms with Crippen molar-refractivity contribution in [2.24, 2.45) is 0 Å². The van der Waals surface area contributed by atoms with E-state index in [2.05, 4.69) is 100 Å². The molecule has 0 saturated carbocycles. The number of hydrogen-bond donors (Lipinski definition) is 1. The molecule has 0 unspecified atom stereocenters. The molecule has 0 bridgehead atoms. The molecule has 0 fully saturated rings. The Balaban J connectivity index is 2.00. The van der Waals surface area contributed by atoms with Crippen LogP contribution in [0.1, 0.15) is 33.4 Å². The molecule has 0 radical (unpaired) electrons. The molecular formula is C27H20Br2O. The summed E-state index contributed by atoms with van der Waals surface area (Å²) in [6.07, 6.45) is 0. The molecule has 1 aliphatic rings. The van der Waals surface area contributed by atoms with Gasteiger partial charge in [0.1, 0.15) is 5.75 Å². The highest BCUT2D eigenvalue weighted by atomic mass is 79.9. The third-order valence-electron chi connectivity index (χ3n) is 6.02. The lowest BCUT2D eigenvalue weighted by atomic mass is 9.67. The molecule has 4 aromatic rings. The zero-order valence-electron chi connectivity index (χ0n) is 16.7. The van der Waals surface area contributed by atoms with E-state index in [-0.39, 0.29) is 5.75 Å². The van der Waals surface area contributed by atoms with Crippen LogP contribution in [0.2, 0.25) is 0 Å². The summed E-state index contributed by atoms with van der Waals surface area (Å²) in [6.45, 7) is 4.30. The summed E-state index contributed by atoms with van der Waals surface area (Å²) in [6, 6.07) is 27.6. The van der Waals surface area contributed by atoms with E-state index >= 15 is 0 Å². The largest absolute Gasteiger partial charge is 0.508 e. The van der Waals surface area contributed by atoms with Crippen LogP contribution < -0.4 is 0 Å². The van der Waals surface area contributed by atoms with Crippen molar-refractivity contribution in [3.05, 3.63) is 121 Å². The fourth-order valence-electron chi connectivity index (χ4n) is 4.96. The molecular weight excluding hydrogens is 500 g/mol. The molecule has 1 N–H and O–H groups in total. The Hall–Kier alpha value is -2.36. The van der Waals surface area contributed by atoms with Crippen molar-refractivity contribution in [1.29, 1.82) is 0 Å². The molecule has 0 amide bonds. The Morgan fingerprint density at radius 2 is 1.10 bits per heavy atom. The Kier molecular flexibility index (Phi) is 4.64. The van der Waals surface area contributed by atoms with Crippen molar-refractivity contribution in [2.75, 3.05) is 0 Å². The lowest BCUT2D eigenvalue weighted by Gasteiger charge is -2.34. The minimum absolute atomic E-state index is 0.274. The lowest BCUT2D eigenvalue weighted by Crippen LogP contribution is -2.29. The minimum atomic E-state index is -0.470. The summed E-state index contributed by atoms with van der Waals surface area (Å²) in [5, 5.41) is 10.0. The highest BCUT2D eigenvalue weighted by molar-refractivity contribution is 9.10. The number of phenolic OH excluding ortho intramolecular Hbond substituents is 1. The van der Waals surface area contributed by atoms with E-state index in [0.29, 0.717) is 0 Å². The number of fused-ring (bicyclic) bond motifs is 3. The maximum Gasteiger partial charge on any atom is 0.115 e. The molecule has 4 aromatic carbocycles. The standard InChI is InChI=1S/C27H20Br2O/c1-16-11-17(2)13-19(12-16)27(18-3-7-22(30)8-4-18)25-14-20(28)5-9-23(25)24-10-6-21(29)15-26(24)27/h3-15,30H,1-2H3. The van der Waals surface area contributed by atoms with Gasteiger partial charge in [-0.3, -0.25) is 0 Å². The quantitative estimate of drug-likeness (QED) is 0.251. The number of aromatic hydroxyl groups is 1. The lowest BCUT2D eigenvalue weighted by molar-refractivity contribution is 0.475. The number of halogens is 2. The molecule has 0 heterocycles. The average Bonchev–Trinajstić information content (AvgIpc) is 2.97. The van der Waals surface area contributed by atoms with Crippen LogP contribution in [0.25, 0.3) is 11.1 Å². The summed E-state index contributed by atoms with van der Waals surface area (Å²) in [4.78, 5) is 0. The first-order chi connectivity index (χ1) is 14.4. The van der Waals surface area contributed by atoms with Gasteiger partial charge >= 0.3 is 0 Å². The Bertz CT molecular complexity index is 1220. The van der Waals surface area contributed by atoms with Gasteiger partial charge in [0, 0.05) is 8.95 Å². The van der Waals surface area contributed by atoms with E-state index in [1.54, 1.807) is 12.1 Å². The van der Waals surface area contributed by atoms with Gasteiger partial charge < -0.3 is 5.11 Å². The number of phenols is 1. The van der Waals surface area contributed by atoms with Crippen LogP contribution in [0.5, 0.6) is 5.75 Å². The van der Waals surface area contributed by atoms with Gasteiger partial charge in [-0.2, -0.15) is 0 Å². The van der Waals surface area contributed by atoms with E-state index in [1.807, 2.05) is 12.1 Å². The van der Waals surface area contributed by atoms with Gasteiger partial charge in [0.2, 0.25) is 0 Å². The summed E-state index contributed by atoms with van der Waals surface area (Å²) < 4.78 is 2.11. The maximum atomic E-state index is 10.0. The van der Waals surface area contributed by atoms with Crippen LogP contribution in [-0.2, 0) is 5.41 Å². The molecule has 5 rings (SSSR count). The smallest absolute Gasteiger partial charge is 0.115 e. The number of benzene rings is 4. The summed E-state index contributed by atoms with van der Waals surface area (Å²) >= 11 is 7.42. The van der Waals surface area contributed by atoms with E-state index in [1.165, 1.54) is 38.9 Å². The van der Waals surface area contributed by atoms with Crippen LogP contribution in [0.15, 0.2) is 87.8 Å². The zero-order chi connectivity index (χ0) is 21.0. The van der Waals surface area contributed by atoms with Crippen molar-refractivity contribution >= 4 is 31.9 Å². The maximum absolute atomic E-state index is 10.0. The molecule has 1 nitrogen and oxygen atoms in total. The zero-order valence-corrected chi connectivity index (χ0v) is 19.9. The first kappa shape index (κ1) is 19.6. The fraction of sp³-hybridized carbons (Fsp3) is 0.111. The van der Waals surface area contributed by atoms with Gasteiger partial charge in [0.05, 0.1) is 5.41 Å². The first-order valence-electron chi connectivity index (χ1n) is 9.88. The van der Waals surface area contributed by atoms with Crippen LogP contribution in [0.4, 0.5) is 0 Å². The Labute approximate surface area is 193 Å². The van der Waals surface area contributed by atoms with Gasteiger partial charge in [-0.1, -0.05) is 85.5 Å². The molecule has 0 atom stereocenters. The van der Waals surface area contributed by atoms with Gasteiger partial charge in [0.15, 0.2) is 0 Å². The topological polar surface area (TPSA) is 20.2 Å². The van der Waals surface area contributed by atoms with E-state index in [0.717, 1.165) is 14.5 Å². The summed E-state index contributed by atoms with van der Waals surface area (Å²) in [5.41, 5.74) is 9.37. The van der Waals surface area contributed by atoms with Crippen LogP contribution >= 0.6 is 31.9 Å². The number of rotatable bonds is 2. The summed E-state index contributed by atoms with van der Waals surface area (Å²) in [5.74, 6) is 0.274. The van der Waals surface area contributed by atoms with Crippen LogP contribution in [0, 0.1) is 13.8 Å². The SMILES string of the molecule is Cc1cc(C)cc(C2(c3ccc(O)cc3)c3cc(Br)ccc3-c3ccc(Br)cc32)c1. The predicted octanol–water partition coefficient (Wildman–Crippen LogP) is 7.90. The first-order valence-corrected chi connectivity index (χ1v) is 11.5. The van der Waals surface area contributed by atoms with Gasteiger partial charge in [0.25, 0.3) is 0 Å². The van der Waals surface area contributed by atoms with E-state index in [4.69, 9.17) is 0 Å². The van der Waals surface area contributed by atoms with Crippen molar-refractivity contribution in [3.63, 3.8) is 0 Å². The van der Waals surface area contributed by atoms with Crippen molar-refractivity contribution < 1.29 is 5.11 Å². The van der Waals surface area contributed by atoms with Crippen molar-refractivity contribution in [3.8, 4) is 16.9 Å². The molecule has 0 aromatic heterocycles. The van der Waals surface area contributed by atoms with E-state index in [9.17, 15) is 5.11 Å². The molecule has 0 spiro atoms. The van der Waals surface area contributed by atoms with Gasteiger partial charge in [-0.05, 0) is 83.6 Å².